The van der Waals surface area contributed by atoms with Crippen molar-refractivity contribution < 1.29 is 9.53 Å². The maximum atomic E-state index is 12.3. The number of aryl methyl sites for hydroxylation is 1. The fourth-order valence-corrected chi connectivity index (χ4v) is 2.97. The minimum atomic E-state index is -0.703. The summed E-state index contributed by atoms with van der Waals surface area (Å²) in [6.45, 7) is 3.60. The van der Waals surface area contributed by atoms with Gasteiger partial charge in [-0.2, -0.15) is 5.10 Å². The van der Waals surface area contributed by atoms with Gasteiger partial charge < -0.3 is 10.1 Å². The van der Waals surface area contributed by atoms with E-state index in [1.165, 1.54) is 0 Å². The molecule has 124 valence electrons. The van der Waals surface area contributed by atoms with Crippen LogP contribution in [0.25, 0.3) is 10.6 Å². The second-order valence-corrected chi connectivity index (χ2v) is 6.68. The van der Waals surface area contributed by atoms with E-state index < -0.39 is 6.10 Å². The number of hydrogen-bond acceptors (Lipinski definition) is 4. The molecule has 2 heterocycles. The number of carbonyl (C=O) groups is 1. The summed E-state index contributed by atoms with van der Waals surface area (Å²) in [7, 11) is 0. The molecular formula is C17H16ClN3O2S. The molecule has 7 heteroatoms. The number of aromatic amines is 1. The Kier molecular flexibility index (Phi) is 4.87. The van der Waals surface area contributed by atoms with E-state index >= 15 is 0 Å². The van der Waals surface area contributed by atoms with Crippen LogP contribution in [0.1, 0.15) is 12.5 Å². The number of H-pyrrole nitrogens is 1. The molecule has 0 fully saturated rings. The molecule has 0 saturated heterocycles. The molecule has 24 heavy (non-hydrogen) atoms. The van der Waals surface area contributed by atoms with Crippen molar-refractivity contribution in [2.24, 2.45) is 0 Å². The van der Waals surface area contributed by atoms with E-state index in [1.807, 2.05) is 30.5 Å². The van der Waals surface area contributed by atoms with Gasteiger partial charge in [-0.05, 0) is 43.0 Å². The van der Waals surface area contributed by atoms with E-state index in [0.29, 0.717) is 16.6 Å². The molecule has 0 aliphatic heterocycles. The first-order chi connectivity index (χ1) is 11.5. The Bertz CT molecular complexity index is 845. The van der Waals surface area contributed by atoms with Crippen molar-refractivity contribution in [3.05, 3.63) is 52.4 Å². The number of benzene rings is 1. The predicted octanol–water partition coefficient (Wildman–Crippen LogP) is 4.51. The number of nitrogens with one attached hydrogen (secondary N) is 2. The first kappa shape index (κ1) is 16.5. The average Bonchev–Trinajstić information content (AvgIpc) is 3.21. The van der Waals surface area contributed by atoms with E-state index in [1.54, 1.807) is 36.5 Å². The first-order valence-corrected chi connectivity index (χ1v) is 8.61. The minimum Gasteiger partial charge on any atom is -0.479 e. The van der Waals surface area contributed by atoms with Gasteiger partial charge in [-0.15, -0.1) is 11.3 Å². The van der Waals surface area contributed by atoms with Crippen LogP contribution < -0.4 is 10.1 Å². The Morgan fingerprint density at radius 3 is 2.96 bits per heavy atom. The fourth-order valence-electron chi connectivity index (χ4n) is 2.12. The zero-order chi connectivity index (χ0) is 17.1. The van der Waals surface area contributed by atoms with E-state index in [9.17, 15) is 4.79 Å². The van der Waals surface area contributed by atoms with E-state index in [0.717, 1.165) is 16.1 Å². The molecule has 2 aromatic heterocycles. The Balaban J connectivity index is 1.65. The van der Waals surface area contributed by atoms with Crippen LogP contribution in [0.5, 0.6) is 5.75 Å². The normalized spacial score (nSPS) is 12.0. The lowest BCUT2D eigenvalue weighted by molar-refractivity contribution is -0.122. The molecule has 1 unspecified atom stereocenters. The maximum absolute atomic E-state index is 12.3. The number of ether oxygens (including phenoxy) is 1. The van der Waals surface area contributed by atoms with Gasteiger partial charge in [-0.3, -0.25) is 9.89 Å². The van der Waals surface area contributed by atoms with Gasteiger partial charge in [0.25, 0.3) is 5.91 Å². The molecule has 0 radical (unpaired) electrons. The van der Waals surface area contributed by atoms with Crippen LogP contribution in [0, 0.1) is 6.92 Å². The van der Waals surface area contributed by atoms with Crippen molar-refractivity contribution in [3.63, 3.8) is 0 Å². The lowest BCUT2D eigenvalue weighted by Gasteiger charge is -2.15. The summed E-state index contributed by atoms with van der Waals surface area (Å²) in [5.74, 6) is 0.645. The monoisotopic (exact) mass is 361 g/mol. The Morgan fingerprint density at radius 2 is 2.21 bits per heavy atom. The van der Waals surface area contributed by atoms with Crippen LogP contribution in [-0.2, 0) is 4.79 Å². The van der Waals surface area contributed by atoms with E-state index in [-0.39, 0.29) is 5.91 Å². The van der Waals surface area contributed by atoms with Gasteiger partial charge in [0.1, 0.15) is 5.75 Å². The van der Waals surface area contributed by atoms with E-state index in [2.05, 4.69) is 15.5 Å². The smallest absolute Gasteiger partial charge is 0.266 e. The van der Waals surface area contributed by atoms with Crippen LogP contribution in [0.15, 0.2) is 41.8 Å². The van der Waals surface area contributed by atoms with Crippen molar-refractivity contribution in [3.8, 4) is 16.3 Å². The average molecular weight is 362 g/mol. The highest BCUT2D eigenvalue weighted by atomic mass is 35.5. The molecule has 0 aliphatic carbocycles. The molecule has 0 saturated carbocycles. The number of amides is 1. The number of anilines is 1. The van der Waals surface area contributed by atoms with Crippen LogP contribution in [0.4, 0.5) is 5.82 Å². The lowest BCUT2D eigenvalue weighted by atomic mass is 10.2. The van der Waals surface area contributed by atoms with Crippen LogP contribution >= 0.6 is 22.9 Å². The molecule has 1 aromatic carbocycles. The summed E-state index contributed by atoms with van der Waals surface area (Å²) in [6, 6.07) is 11.2. The number of nitrogens with zero attached hydrogens (tertiary/aromatic N) is 1. The maximum Gasteiger partial charge on any atom is 0.266 e. The summed E-state index contributed by atoms with van der Waals surface area (Å²) >= 11 is 7.69. The van der Waals surface area contributed by atoms with Crippen LogP contribution in [0.3, 0.4) is 0 Å². The third kappa shape index (κ3) is 3.77. The summed E-state index contributed by atoms with van der Waals surface area (Å²) in [4.78, 5) is 13.3. The molecule has 1 atom stereocenters. The predicted molar refractivity (Wildman–Crippen MR) is 96.8 cm³/mol. The second-order valence-electron chi connectivity index (χ2n) is 5.33. The molecule has 5 nitrogen and oxygen atoms in total. The second kappa shape index (κ2) is 7.07. The molecule has 0 spiro atoms. The minimum absolute atomic E-state index is 0.295. The quantitative estimate of drug-likeness (QED) is 0.702. The molecular weight excluding hydrogens is 346 g/mol. The van der Waals surface area contributed by atoms with Gasteiger partial charge >= 0.3 is 0 Å². The highest BCUT2D eigenvalue weighted by Crippen LogP contribution is 2.27. The topological polar surface area (TPSA) is 67.0 Å². The Morgan fingerprint density at radius 1 is 1.38 bits per heavy atom. The molecule has 3 aromatic rings. The van der Waals surface area contributed by atoms with Crippen molar-refractivity contribution >= 4 is 34.7 Å². The number of halogens is 1. The van der Waals surface area contributed by atoms with Gasteiger partial charge in [0.05, 0.1) is 15.6 Å². The Labute approximate surface area is 148 Å². The summed E-state index contributed by atoms with van der Waals surface area (Å²) in [6.07, 6.45) is -0.703. The van der Waals surface area contributed by atoms with Crippen LogP contribution in [0.2, 0.25) is 5.02 Å². The summed E-state index contributed by atoms with van der Waals surface area (Å²) in [5, 5.41) is 12.2. The van der Waals surface area contributed by atoms with E-state index in [4.69, 9.17) is 16.3 Å². The molecule has 2 N–H and O–H groups in total. The number of hydrogen-bond donors (Lipinski definition) is 2. The number of rotatable bonds is 5. The van der Waals surface area contributed by atoms with Gasteiger partial charge in [0.15, 0.2) is 11.9 Å². The van der Waals surface area contributed by atoms with Crippen molar-refractivity contribution in [2.75, 3.05) is 5.32 Å². The van der Waals surface area contributed by atoms with Gasteiger partial charge in [0.2, 0.25) is 0 Å². The largest absolute Gasteiger partial charge is 0.479 e. The molecule has 0 bridgehead atoms. The highest BCUT2D eigenvalue weighted by Gasteiger charge is 2.18. The van der Waals surface area contributed by atoms with Crippen molar-refractivity contribution in [2.45, 2.75) is 20.0 Å². The summed E-state index contributed by atoms with van der Waals surface area (Å²) in [5.41, 5.74) is 1.87. The number of thiophene rings is 1. The molecule has 1 amide bonds. The third-order valence-corrected chi connectivity index (χ3v) is 4.59. The van der Waals surface area contributed by atoms with Gasteiger partial charge in [-0.25, -0.2) is 0 Å². The van der Waals surface area contributed by atoms with Crippen molar-refractivity contribution in [1.82, 2.24) is 10.2 Å². The number of aromatic nitrogens is 2. The molecule has 0 aliphatic rings. The zero-order valence-electron chi connectivity index (χ0n) is 13.2. The molecule has 3 rings (SSSR count). The third-order valence-electron chi connectivity index (χ3n) is 3.38. The SMILES string of the molecule is Cc1ccc(Cl)c(OC(C)C(=O)Nc2cc(-c3cccs3)[nH]n2)c1. The summed E-state index contributed by atoms with van der Waals surface area (Å²) < 4.78 is 5.66. The van der Waals surface area contributed by atoms with Crippen LogP contribution in [-0.4, -0.2) is 22.2 Å². The fraction of sp³-hybridized carbons (Fsp3) is 0.176. The zero-order valence-corrected chi connectivity index (χ0v) is 14.7. The standard InChI is InChI=1S/C17H16ClN3O2S/c1-10-5-6-12(18)14(8-10)23-11(2)17(22)19-16-9-13(20-21-16)15-4-3-7-24-15/h3-9,11H,1-2H3,(H2,19,20,21,22). The van der Waals surface area contributed by atoms with Gasteiger partial charge in [-0.1, -0.05) is 23.7 Å². The highest BCUT2D eigenvalue weighted by molar-refractivity contribution is 7.13. The first-order valence-electron chi connectivity index (χ1n) is 7.36. The Hall–Kier alpha value is -2.31. The van der Waals surface area contributed by atoms with Crippen molar-refractivity contribution in [1.29, 1.82) is 0 Å². The lowest BCUT2D eigenvalue weighted by Crippen LogP contribution is -2.30. The van der Waals surface area contributed by atoms with Gasteiger partial charge in [0, 0.05) is 6.07 Å². The number of carbonyl (C=O) groups excluding carboxylic acids is 1.